The summed E-state index contributed by atoms with van der Waals surface area (Å²) in [5.74, 6) is 1.10. The number of sulfone groups is 1. The van der Waals surface area contributed by atoms with E-state index in [0.29, 0.717) is 12.4 Å². The largest absolute Gasteiger partial charge is 0.483 e. The van der Waals surface area contributed by atoms with Crippen LogP contribution < -0.4 is 5.32 Å². The molecule has 0 atom stereocenters. The van der Waals surface area contributed by atoms with Crippen LogP contribution in [0.15, 0.2) is 46.6 Å². The maximum atomic E-state index is 11.9. The molecule has 2 aromatic rings. The minimum Gasteiger partial charge on any atom is -0.483 e. The highest BCUT2D eigenvalue weighted by Gasteiger charge is 2.21. The minimum absolute atomic E-state index is 0.205. The predicted octanol–water partition coefficient (Wildman–Crippen LogP) is 4.07. The number of aryl methyl sites for hydroxylation is 1. The van der Waals surface area contributed by atoms with E-state index in [0.717, 1.165) is 55.0 Å². The molecule has 8 heteroatoms. The molecule has 1 N–H and O–H groups in total. The Balaban J connectivity index is 1.51. The Labute approximate surface area is 196 Å². The molecule has 2 aliphatic rings. The Morgan fingerprint density at radius 2 is 1.97 bits per heavy atom. The number of anilines is 2. The summed E-state index contributed by atoms with van der Waals surface area (Å²) < 4.78 is 29.0. The van der Waals surface area contributed by atoms with E-state index in [1.807, 2.05) is 0 Å². The highest BCUT2D eigenvalue weighted by Crippen LogP contribution is 2.30. The zero-order chi connectivity index (χ0) is 23.4. The second-order valence-electron chi connectivity index (χ2n) is 8.61. The minimum atomic E-state index is -2.95. The van der Waals surface area contributed by atoms with Crippen molar-refractivity contribution >= 4 is 32.8 Å². The van der Waals surface area contributed by atoms with Crippen molar-refractivity contribution in [3.05, 3.63) is 58.7 Å². The lowest BCUT2D eigenvalue weighted by molar-refractivity contribution is 0.269. The summed E-state index contributed by atoms with van der Waals surface area (Å²) >= 11 is 0. The molecular formula is C25H32N4O3S. The molecule has 4 rings (SSSR count). The highest BCUT2D eigenvalue weighted by molar-refractivity contribution is 7.91. The molecule has 0 radical (unpaired) electrons. The summed E-state index contributed by atoms with van der Waals surface area (Å²) in [4.78, 5) is 2.24. The summed E-state index contributed by atoms with van der Waals surface area (Å²) in [6, 6.07) is 12.7. The standard InChI is InChI=1S/C25H32N4O3S/c1-4-33(30,31)15-14-29-13-12-21-19(17-29)6-5-7-23(21)26-20-9-8-18(2)22(16-20)24-10-11-25(32-3)28-27-24/h5-9,16,26H,4,10-15,17H2,1-3H3. The molecular weight excluding hydrogens is 436 g/mol. The summed E-state index contributed by atoms with van der Waals surface area (Å²) in [6.45, 7) is 6.03. The van der Waals surface area contributed by atoms with Crippen molar-refractivity contribution in [1.82, 2.24) is 4.90 Å². The van der Waals surface area contributed by atoms with Crippen LogP contribution in [0.3, 0.4) is 0 Å². The van der Waals surface area contributed by atoms with Crippen molar-refractivity contribution in [1.29, 1.82) is 0 Å². The highest BCUT2D eigenvalue weighted by atomic mass is 32.2. The van der Waals surface area contributed by atoms with Gasteiger partial charge in [-0.15, -0.1) is 5.10 Å². The van der Waals surface area contributed by atoms with Crippen molar-refractivity contribution in [3.8, 4) is 0 Å². The average Bonchev–Trinajstić information content (AvgIpc) is 2.84. The van der Waals surface area contributed by atoms with E-state index in [2.05, 4.69) is 63.7 Å². The molecule has 0 unspecified atom stereocenters. The van der Waals surface area contributed by atoms with Crippen molar-refractivity contribution in [3.63, 3.8) is 0 Å². The molecule has 176 valence electrons. The van der Waals surface area contributed by atoms with Crippen LogP contribution in [0.25, 0.3) is 0 Å². The van der Waals surface area contributed by atoms with Gasteiger partial charge in [-0.3, -0.25) is 4.90 Å². The molecule has 2 heterocycles. The van der Waals surface area contributed by atoms with Gasteiger partial charge in [-0.1, -0.05) is 25.1 Å². The number of rotatable bonds is 7. The molecule has 0 spiro atoms. The smallest absolute Gasteiger partial charge is 0.208 e. The van der Waals surface area contributed by atoms with Gasteiger partial charge in [0.15, 0.2) is 9.84 Å². The molecule has 0 amide bonds. The molecule has 33 heavy (non-hydrogen) atoms. The molecule has 0 aromatic heterocycles. The Hall–Kier alpha value is -2.71. The van der Waals surface area contributed by atoms with E-state index >= 15 is 0 Å². The van der Waals surface area contributed by atoms with Crippen molar-refractivity contribution < 1.29 is 13.2 Å². The van der Waals surface area contributed by atoms with E-state index in [1.165, 1.54) is 16.7 Å². The second-order valence-corrected chi connectivity index (χ2v) is 11.1. The third kappa shape index (κ3) is 5.62. The fourth-order valence-corrected chi connectivity index (χ4v) is 5.15. The Kier molecular flexibility index (Phi) is 7.14. The van der Waals surface area contributed by atoms with Gasteiger partial charge in [-0.2, -0.15) is 5.10 Å². The van der Waals surface area contributed by atoms with E-state index in [4.69, 9.17) is 4.74 Å². The van der Waals surface area contributed by atoms with Gasteiger partial charge >= 0.3 is 0 Å². The number of hydrogen-bond acceptors (Lipinski definition) is 7. The first-order chi connectivity index (χ1) is 15.9. The first-order valence-corrected chi connectivity index (χ1v) is 13.3. The Bertz CT molecular complexity index is 1190. The number of benzene rings is 2. The normalized spacial score (nSPS) is 16.6. The van der Waals surface area contributed by atoms with Crippen LogP contribution >= 0.6 is 0 Å². The monoisotopic (exact) mass is 468 g/mol. The third-order valence-corrected chi connectivity index (χ3v) is 8.11. The summed E-state index contributed by atoms with van der Waals surface area (Å²) in [5, 5.41) is 12.2. The molecule has 0 aliphatic carbocycles. The van der Waals surface area contributed by atoms with Gasteiger partial charge in [0.25, 0.3) is 0 Å². The number of methoxy groups -OCH3 is 1. The zero-order valence-electron chi connectivity index (χ0n) is 19.6. The topological polar surface area (TPSA) is 83.4 Å². The molecule has 2 aliphatic heterocycles. The van der Waals surface area contributed by atoms with Crippen LogP contribution in [-0.4, -0.2) is 56.6 Å². The van der Waals surface area contributed by atoms with Gasteiger partial charge in [0.2, 0.25) is 5.90 Å². The molecule has 0 bridgehead atoms. The lowest BCUT2D eigenvalue weighted by Gasteiger charge is -2.30. The Morgan fingerprint density at radius 3 is 2.70 bits per heavy atom. The second kappa shape index (κ2) is 10.1. The molecule has 0 saturated carbocycles. The lowest BCUT2D eigenvalue weighted by atomic mass is 9.97. The van der Waals surface area contributed by atoms with Gasteiger partial charge in [-0.25, -0.2) is 8.42 Å². The van der Waals surface area contributed by atoms with Gasteiger partial charge in [0, 0.05) is 55.2 Å². The van der Waals surface area contributed by atoms with Crippen LogP contribution in [0.1, 0.15) is 42.0 Å². The van der Waals surface area contributed by atoms with Crippen molar-refractivity contribution in [2.45, 2.75) is 39.7 Å². The first kappa shape index (κ1) is 23.4. The molecule has 0 fully saturated rings. The zero-order valence-corrected chi connectivity index (χ0v) is 20.4. The fraction of sp³-hybridized carbons (Fsp3) is 0.440. The van der Waals surface area contributed by atoms with Gasteiger partial charge < -0.3 is 10.1 Å². The van der Waals surface area contributed by atoms with Crippen molar-refractivity contribution in [2.75, 3.05) is 37.0 Å². The van der Waals surface area contributed by atoms with Gasteiger partial charge in [0.1, 0.15) is 0 Å². The quantitative estimate of drug-likeness (QED) is 0.662. The summed E-state index contributed by atoms with van der Waals surface area (Å²) in [5.41, 5.74) is 7.93. The van der Waals surface area contributed by atoms with E-state index < -0.39 is 9.84 Å². The van der Waals surface area contributed by atoms with Gasteiger partial charge in [0.05, 0.1) is 18.6 Å². The maximum Gasteiger partial charge on any atom is 0.208 e. The molecule has 0 saturated heterocycles. The first-order valence-electron chi connectivity index (χ1n) is 11.5. The summed E-state index contributed by atoms with van der Waals surface area (Å²) in [7, 11) is -1.32. The number of nitrogens with one attached hydrogen (secondary N) is 1. The predicted molar refractivity (Wildman–Crippen MR) is 134 cm³/mol. The van der Waals surface area contributed by atoms with Crippen LogP contribution in [0.2, 0.25) is 0 Å². The van der Waals surface area contributed by atoms with Crippen molar-refractivity contribution in [2.24, 2.45) is 10.2 Å². The van der Waals surface area contributed by atoms with Gasteiger partial charge in [-0.05, 0) is 48.2 Å². The van der Waals surface area contributed by atoms with Crippen LogP contribution in [0, 0.1) is 6.92 Å². The number of nitrogens with zero attached hydrogens (tertiary/aromatic N) is 3. The third-order valence-electron chi connectivity index (χ3n) is 6.42. The Morgan fingerprint density at radius 1 is 1.12 bits per heavy atom. The van der Waals surface area contributed by atoms with Crippen LogP contribution in [-0.2, 0) is 27.5 Å². The number of ether oxygens (including phenoxy) is 1. The van der Waals surface area contributed by atoms with E-state index in [9.17, 15) is 8.42 Å². The average molecular weight is 469 g/mol. The molecule has 7 nitrogen and oxygen atoms in total. The van der Waals surface area contributed by atoms with Crippen LogP contribution in [0.4, 0.5) is 11.4 Å². The maximum absolute atomic E-state index is 11.9. The number of hydrogen-bond donors (Lipinski definition) is 1. The SMILES string of the molecule is CCS(=O)(=O)CCN1CCc2c(cccc2Nc2ccc(C)c(C3=NN=C(OC)CC3)c2)C1. The fourth-order valence-electron chi connectivity index (χ4n) is 4.33. The number of fused-ring (bicyclic) bond motifs is 1. The van der Waals surface area contributed by atoms with E-state index in [-0.39, 0.29) is 11.5 Å². The summed E-state index contributed by atoms with van der Waals surface area (Å²) in [6.07, 6.45) is 2.46. The van der Waals surface area contributed by atoms with E-state index in [1.54, 1.807) is 14.0 Å². The lowest BCUT2D eigenvalue weighted by Crippen LogP contribution is -2.34. The van der Waals surface area contributed by atoms with Crippen LogP contribution in [0.5, 0.6) is 0 Å². The molecule has 2 aromatic carbocycles.